The Kier molecular flexibility index (Phi) is 7.67. The van der Waals surface area contributed by atoms with E-state index in [2.05, 4.69) is 20.0 Å². The van der Waals surface area contributed by atoms with Crippen molar-refractivity contribution in [3.05, 3.63) is 47.4 Å². The van der Waals surface area contributed by atoms with Crippen molar-refractivity contribution in [2.45, 2.75) is 51.1 Å². The standard InChI is InChI=1S/C21H22F5N3O4/c1-11(21(24,25)26)8-17-27-9-13-4-7-16(33-19(13)29-17)18(31)28-15(10-30)12-2-5-14(6-3-12)32-20(22)23/h2-3,5-6,9,11,15-16,20,30H,4,7-8,10H2,1H3,(H,28,31)/t11-,15-,16-/m1/s1. The molecule has 3 atom stereocenters. The number of carbonyl (C=O) groups excluding carboxylic acids is 1. The monoisotopic (exact) mass is 475 g/mol. The van der Waals surface area contributed by atoms with Crippen LogP contribution in [0.3, 0.4) is 0 Å². The molecule has 1 aromatic carbocycles. The lowest BCUT2D eigenvalue weighted by molar-refractivity contribution is -0.169. The fourth-order valence-corrected chi connectivity index (χ4v) is 3.23. The van der Waals surface area contributed by atoms with Gasteiger partial charge in [-0.1, -0.05) is 19.1 Å². The number of amides is 1. The number of halogens is 5. The largest absolute Gasteiger partial charge is 0.464 e. The van der Waals surface area contributed by atoms with Crippen LogP contribution in [0.1, 0.15) is 36.3 Å². The van der Waals surface area contributed by atoms with E-state index in [1.165, 1.54) is 30.5 Å². The number of nitrogens with zero attached hydrogens (tertiary/aromatic N) is 2. The number of benzene rings is 1. The van der Waals surface area contributed by atoms with Crippen molar-refractivity contribution in [3.63, 3.8) is 0 Å². The first kappa shape index (κ1) is 24.6. The van der Waals surface area contributed by atoms with E-state index in [0.717, 1.165) is 6.92 Å². The molecule has 0 saturated heterocycles. The van der Waals surface area contributed by atoms with Crippen molar-refractivity contribution in [1.82, 2.24) is 15.3 Å². The van der Waals surface area contributed by atoms with Gasteiger partial charge in [-0.05, 0) is 30.5 Å². The number of carbonyl (C=O) groups is 1. The highest BCUT2D eigenvalue weighted by Crippen LogP contribution is 2.30. The molecule has 0 spiro atoms. The van der Waals surface area contributed by atoms with Gasteiger partial charge in [0.05, 0.1) is 18.6 Å². The number of ether oxygens (including phenoxy) is 2. The van der Waals surface area contributed by atoms with Crippen molar-refractivity contribution < 1.29 is 41.3 Å². The lowest BCUT2D eigenvalue weighted by atomic mass is 10.0. The Morgan fingerprint density at radius 1 is 1.30 bits per heavy atom. The van der Waals surface area contributed by atoms with Crippen molar-refractivity contribution in [1.29, 1.82) is 0 Å². The molecule has 7 nitrogen and oxygen atoms in total. The van der Waals surface area contributed by atoms with E-state index in [-0.39, 0.29) is 23.9 Å². The van der Waals surface area contributed by atoms with Gasteiger partial charge in [0.2, 0.25) is 5.88 Å². The summed E-state index contributed by atoms with van der Waals surface area (Å²) in [6.07, 6.45) is -3.73. The Hall–Kier alpha value is -3.02. The summed E-state index contributed by atoms with van der Waals surface area (Å²) in [4.78, 5) is 20.7. The zero-order valence-electron chi connectivity index (χ0n) is 17.5. The van der Waals surface area contributed by atoms with Gasteiger partial charge in [0.1, 0.15) is 11.6 Å². The maximum Gasteiger partial charge on any atom is 0.391 e. The molecular formula is C21H22F5N3O4. The Labute approximate surface area is 185 Å². The van der Waals surface area contributed by atoms with E-state index >= 15 is 0 Å². The van der Waals surface area contributed by atoms with E-state index in [9.17, 15) is 31.9 Å². The summed E-state index contributed by atoms with van der Waals surface area (Å²) in [7, 11) is 0. The second kappa shape index (κ2) is 10.3. The van der Waals surface area contributed by atoms with Gasteiger partial charge in [0.25, 0.3) is 5.91 Å². The quantitative estimate of drug-likeness (QED) is 0.569. The van der Waals surface area contributed by atoms with Gasteiger partial charge in [-0.2, -0.15) is 26.9 Å². The maximum absolute atomic E-state index is 12.8. The van der Waals surface area contributed by atoms with E-state index < -0.39 is 49.8 Å². The zero-order chi connectivity index (χ0) is 24.2. The smallest absolute Gasteiger partial charge is 0.391 e. The first-order valence-corrected chi connectivity index (χ1v) is 10.1. The topological polar surface area (TPSA) is 93.6 Å². The number of fused-ring (bicyclic) bond motifs is 1. The number of rotatable bonds is 8. The molecule has 180 valence electrons. The number of hydrogen-bond donors (Lipinski definition) is 2. The Balaban J connectivity index is 1.65. The Bertz CT molecular complexity index is 956. The number of alkyl halides is 5. The first-order chi connectivity index (χ1) is 15.6. The third kappa shape index (κ3) is 6.50. The predicted molar refractivity (Wildman–Crippen MR) is 105 cm³/mol. The Morgan fingerprint density at radius 3 is 2.61 bits per heavy atom. The SMILES string of the molecule is C[C@H](Cc1ncc2c(n1)O[C@@H](C(=O)N[C@H](CO)c1ccc(OC(F)F)cc1)CC2)C(F)(F)F. The van der Waals surface area contributed by atoms with E-state index in [1.807, 2.05) is 0 Å². The lowest BCUT2D eigenvalue weighted by Crippen LogP contribution is -2.43. The van der Waals surface area contributed by atoms with Gasteiger partial charge >= 0.3 is 12.8 Å². The van der Waals surface area contributed by atoms with Gasteiger partial charge in [0.15, 0.2) is 6.10 Å². The molecule has 12 heteroatoms. The van der Waals surface area contributed by atoms with E-state index in [1.54, 1.807) is 0 Å². The van der Waals surface area contributed by atoms with Crippen molar-refractivity contribution in [2.75, 3.05) is 6.61 Å². The minimum atomic E-state index is -4.38. The van der Waals surface area contributed by atoms with Crippen LogP contribution in [0, 0.1) is 5.92 Å². The second-order valence-corrected chi connectivity index (χ2v) is 7.60. The predicted octanol–water partition coefficient (Wildman–Crippen LogP) is 3.36. The normalized spacial score (nSPS) is 17.6. The molecule has 2 N–H and O–H groups in total. The van der Waals surface area contributed by atoms with Crippen LogP contribution >= 0.6 is 0 Å². The summed E-state index contributed by atoms with van der Waals surface area (Å²) in [5, 5.41) is 12.3. The van der Waals surface area contributed by atoms with Crippen LogP contribution in [-0.4, -0.2) is 46.5 Å². The molecule has 33 heavy (non-hydrogen) atoms. The molecule has 0 fully saturated rings. The zero-order valence-corrected chi connectivity index (χ0v) is 17.5. The van der Waals surface area contributed by atoms with Gasteiger partial charge in [0, 0.05) is 18.2 Å². The molecule has 0 bridgehead atoms. The number of aliphatic hydroxyl groups excluding tert-OH is 1. The van der Waals surface area contributed by atoms with E-state index in [4.69, 9.17) is 4.74 Å². The van der Waals surface area contributed by atoms with Crippen LogP contribution in [0.5, 0.6) is 11.6 Å². The third-order valence-corrected chi connectivity index (χ3v) is 5.15. The van der Waals surface area contributed by atoms with Crippen molar-refractivity contribution in [2.24, 2.45) is 5.92 Å². The molecule has 0 radical (unpaired) electrons. The molecule has 2 aromatic rings. The third-order valence-electron chi connectivity index (χ3n) is 5.15. The van der Waals surface area contributed by atoms with Gasteiger partial charge < -0.3 is 19.9 Å². The molecule has 0 unspecified atom stereocenters. The summed E-state index contributed by atoms with van der Waals surface area (Å²) >= 11 is 0. The van der Waals surface area contributed by atoms with Gasteiger partial charge in [-0.25, -0.2) is 4.98 Å². The van der Waals surface area contributed by atoms with Crippen LogP contribution < -0.4 is 14.8 Å². The highest BCUT2D eigenvalue weighted by Gasteiger charge is 2.37. The number of nitrogens with one attached hydrogen (secondary N) is 1. The van der Waals surface area contributed by atoms with Crippen molar-refractivity contribution in [3.8, 4) is 11.6 Å². The van der Waals surface area contributed by atoms with Crippen LogP contribution in [0.2, 0.25) is 0 Å². The summed E-state index contributed by atoms with van der Waals surface area (Å²) in [6, 6.07) is 4.58. The summed E-state index contributed by atoms with van der Waals surface area (Å²) in [5.41, 5.74) is 1.03. The van der Waals surface area contributed by atoms with Crippen LogP contribution in [-0.2, 0) is 17.6 Å². The number of aliphatic hydroxyl groups is 1. The molecule has 0 aliphatic carbocycles. The molecule has 1 amide bonds. The highest BCUT2D eigenvalue weighted by molar-refractivity contribution is 5.81. The fraction of sp³-hybridized carbons (Fsp3) is 0.476. The molecule has 2 heterocycles. The van der Waals surface area contributed by atoms with Gasteiger partial charge in [-0.15, -0.1) is 0 Å². The Morgan fingerprint density at radius 2 is 2.00 bits per heavy atom. The lowest BCUT2D eigenvalue weighted by Gasteiger charge is -2.26. The molecule has 1 aromatic heterocycles. The van der Waals surface area contributed by atoms with Crippen LogP contribution in [0.4, 0.5) is 22.0 Å². The molecule has 1 aliphatic rings. The van der Waals surface area contributed by atoms with E-state index in [0.29, 0.717) is 17.5 Å². The maximum atomic E-state index is 12.8. The molecule has 1 aliphatic heterocycles. The van der Waals surface area contributed by atoms with Crippen LogP contribution in [0.15, 0.2) is 30.5 Å². The average molecular weight is 475 g/mol. The first-order valence-electron chi connectivity index (χ1n) is 10.1. The number of hydrogen-bond acceptors (Lipinski definition) is 6. The summed E-state index contributed by atoms with van der Waals surface area (Å²) < 4.78 is 72.9. The highest BCUT2D eigenvalue weighted by atomic mass is 19.4. The summed E-state index contributed by atoms with van der Waals surface area (Å²) in [6.45, 7) is -2.41. The average Bonchev–Trinajstić information content (AvgIpc) is 2.76. The minimum Gasteiger partial charge on any atom is -0.464 e. The number of aromatic nitrogens is 2. The molecule has 0 saturated carbocycles. The molecule has 3 rings (SSSR count). The number of aryl methyl sites for hydroxylation is 1. The van der Waals surface area contributed by atoms with Crippen molar-refractivity contribution >= 4 is 5.91 Å². The van der Waals surface area contributed by atoms with Crippen LogP contribution in [0.25, 0.3) is 0 Å². The minimum absolute atomic E-state index is 0.0426. The molecular weight excluding hydrogens is 453 g/mol. The second-order valence-electron chi connectivity index (χ2n) is 7.60. The fourth-order valence-electron chi connectivity index (χ4n) is 3.23. The summed E-state index contributed by atoms with van der Waals surface area (Å²) in [5.74, 6) is -2.26. The van der Waals surface area contributed by atoms with Gasteiger partial charge in [-0.3, -0.25) is 4.79 Å².